The highest BCUT2D eigenvalue weighted by molar-refractivity contribution is 7.99. The van der Waals surface area contributed by atoms with Crippen molar-refractivity contribution in [1.82, 2.24) is 0 Å². The fourth-order valence-electron chi connectivity index (χ4n) is 2.77. The third-order valence-corrected chi connectivity index (χ3v) is 7.56. The van der Waals surface area contributed by atoms with Crippen LogP contribution >= 0.6 is 11.8 Å². The van der Waals surface area contributed by atoms with E-state index in [1.54, 1.807) is 6.07 Å². The van der Waals surface area contributed by atoms with Gasteiger partial charge in [0.2, 0.25) is 11.8 Å². The number of carbonyl (C=O) groups is 2. The van der Waals surface area contributed by atoms with E-state index in [0.717, 1.165) is 23.1 Å². The molecule has 2 N–H and O–H groups in total. The summed E-state index contributed by atoms with van der Waals surface area (Å²) in [5, 5.41) is 3.75. The molecule has 0 saturated carbocycles. The number of amides is 2. The van der Waals surface area contributed by atoms with E-state index in [4.69, 9.17) is 0 Å². The second kappa shape index (κ2) is 8.50. The quantitative estimate of drug-likeness (QED) is 0.741. The molecule has 2 amide bonds. The first-order chi connectivity index (χ1) is 13.7. The van der Waals surface area contributed by atoms with Crippen LogP contribution in [0.5, 0.6) is 0 Å². The van der Waals surface area contributed by atoms with Crippen molar-refractivity contribution >= 4 is 44.8 Å². The smallest absolute Gasteiger partial charge is 0.225 e. The molecule has 10 heteroatoms. The van der Waals surface area contributed by atoms with E-state index < -0.39 is 39.0 Å². The zero-order chi connectivity index (χ0) is 21.2. The lowest BCUT2D eigenvalue weighted by Crippen LogP contribution is -2.25. The Balaban J connectivity index is 1.76. The van der Waals surface area contributed by atoms with Crippen LogP contribution in [0.1, 0.15) is 19.8 Å². The monoisotopic (exact) mass is 440 g/mol. The van der Waals surface area contributed by atoms with Crippen molar-refractivity contribution < 1.29 is 26.8 Å². The predicted molar refractivity (Wildman–Crippen MR) is 107 cm³/mol. The lowest BCUT2D eigenvalue weighted by molar-refractivity contribution is -0.116. The molecule has 0 aliphatic carbocycles. The van der Waals surface area contributed by atoms with Crippen LogP contribution in [0.2, 0.25) is 0 Å². The second-order valence-electron chi connectivity index (χ2n) is 6.54. The Labute approximate surface area is 171 Å². The maximum absolute atomic E-state index is 13.7. The summed E-state index contributed by atoms with van der Waals surface area (Å²) >= 11 is 1.45. The molecule has 2 aromatic carbocycles. The Hall–Kier alpha value is -2.46. The van der Waals surface area contributed by atoms with Crippen molar-refractivity contribution in [2.75, 3.05) is 16.4 Å². The maximum atomic E-state index is 13.7. The standard InChI is InChI=1S/C19H18F2N2O4S2/c1-11(8-19(25)22-15-9-12(20)2-4-14(15)21)29(26,27)13-3-5-17-16(10-13)23-18(24)6-7-28-17/h2-5,9-11H,6-8H2,1H3,(H,22,25)(H,23,24)/t11-/m0/s1. The SMILES string of the molecule is C[C@@H](CC(=O)Nc1cc(F)ccc1F)S(=O)(=O)c1ccc2c(c1)NC(=O)CCS2. The van der Waals surface area contributed by atoms with Crippen molar-refractivity contribution in [2.45, 2.75) is 34.8 Å². The summed E-state index contributed by atoms with van der Waals surface area (Å²) in [5.41, 5.74) is 0.0569. The molecule has 6 nitrogen and oxygen atoms in total. The number of hydrogen-bond acceptors (Lipinski definition) is 5. The first kappa shape index (κ1) is 21.3. The van der Waals surface area contributed by atoms with Gasteiger partial charge in [-0.1, -0.05) is 0 Å². The van der Waals surface area contributed by atoms with E-state index in [2.05, 4.69) is 10.6 Å². The number of fused-ring (bicyclic) bond motifs is 1. The number of hydrogen-bond donors (Lipinski definition) is 2. The predicted octanol–water partition coefficient (Wildman–Crippen LogP) is 3.59. The van der Waals surface area contributed by atoms with Gasteiger partial charge in [-0.2, -0.15) is 0 Å². The van der Waals surface area contributed by atoms with Gasteiger partial charge in [-0.15, -0.1) is 11.8 Å². The summed E-state index contributed by atoms with van der Waals surface area (Å²) in [4.78, 5) is 24.6. The van der Waals surface area contributed by atoms with Gasteiger partial charge in [0.1, 0.15) is 11.6 Å². The normalized spacial score (nSPS) is 15.1. The minimum absolute atomic E-state index is 0.0312. The Kier molecular flexibility index (Phi) is 6.23. The molecule has 0 fully saturated rings. The maximum Gasteiger partial charge on any atom is 0.225 e. The molecule has 0 spiro atoms. The number of anilines is 2. The first-order valence-electron chi connectivity index (χ1n) is 8.72. The molecule has 29 heavy (non-hydrogen) atoms. The topological polar surface area (TPSA) is 92.3 Å². The Bertz CT molecular complexity index is 1070. The van der Waals surface area contributed by atoms with E-state index in [-0.39, 0.29) is 16.5 Å². The molecule has 0 aromatic heterocycles. The minimum atomic E-state index is -3.90. The molecule has 0 radical (unpaired) electrons. The van der Waals surface area contributed by atoms with Crippen molar-refractivity contribution in [3.05, 3.63) is 48.0 Å². The molecule has 2 aromatic rings. The third-order valence-electron chi connectivity index (χ3n) is 4.35. The van der Waals surface area contributed by atoms with Crippen molar-refractivity contribution in [1.29, 1.82) is 0 Å². The van der Waals surface area contributed by atoms with E-state index in [9.17, 15) is 26.8 Å². The van der Waals surface area contributed by atoms with Crippen LogP contribution in [0.15, 0.2) is 46.2 Å². The lowest BCUT2D eigenvalue weighted by Gasteiger charge is -2.15. The van der Waals surface area contributed by atoms with Gasteiger partial charge in [0.15, 0.2) is 9.84 Å². The van der Waals surface area contributed by atoms with Crippen molar-refractivity contribution in [2.24, 2.45) is 0 Å². The number of rotatable bonds is 5. The number of nitrogens with one attached hydrogen (secondary N) is 2. The third kappa shape index (κ3) is 4.94. The molecule has 3 rings (SSSR count). The Morgan fingerprint density at radius 2 is 2.00 bits per heavy atom. The van der Waals surface area contributed by atoms with Crippen LogP contribution in [-0.2, 0) is 19.4 Å². The van der Waals surface area contributed by atoms with Crippen LogP contribution in [0.3, 0.4) is 0 Å². The van der Waals surface area contributed by atoms with Gasteiger partial charge in [-0.3, -0.25) is 9.59 Å². The molecule has 1 atom stereocenters. The van der Waals surface area contributed by atoms with E-state index in [0.29, 0.717) is 17.9 Å². The van der Waals surface area contributed by atoms with Gasteiger partial charge in [0, 0.05) is 29.6 Å². The van der Waals surface area contributed by atoms with E-state index in [1.807, 2.05) is 0 Å². The molecule has 0 saturated heterocycles. The van der Waals surface area contributed by atoms with Crippen LogP contribution in [0, 0.1) is 11.6 Å². The van der Waals surface area contributed by atoms with E-state index in [1.165, 1.54) is 30.8 Å². The fourth-order valence-corrected chi connectivity index (χ4v) is 5.09. The molecular weight excluding hydrogens is 422 g/mol. The molecule has 0 unspecified atom stereocenters. The Morgan fingerprint density at radius 3 is 2.76 bits per heavy atom. The summed E-state index contributed by atoms with van der Waals surface area (Å²) in [6.45, 7) is 1.36. The summed E-state index contributed by atoms with van der Waals surface area (Å²) < 4.78 is 52.6. The number of sulfone groups is 1. The molecule has 1 aliphatic rings. The summed E-state index contributed by atoms with van der Waals surface area (Å²) in [6.07, 6.45) is -0.120. The summed E-state index contributed by atoms with van der Waals surface area (Å²) in [5.74, 6) is -1.92. The zero-order valence-corrected chi connectivity index (χ0v) is 17.0. The van der Waals surface area contributed by atoms with Gasteiger partial charge >= 0.3 is 0 Å². The molecular formula is C19H18F2N2O4S2. The fraction of sp³-hybridized carbons (Fsp3) is 0.263. The minimum Gasteiger partial charge on any atom is -0.325 e. The van der Waals surface area contributed by atoms with Crippen LogP contribution < -0.4 is 10.6 Å². The highest BCUT2D eigenvalue weighted by atomic mass is 32.2. The summed E-state index contributed by atoms with van der Waals surface area (Å²) in [7, 11) is -3.90. The highest BCUT2D eigenvalue weighted by Gasteiger charge is 2.27. The van der Waals surface area contributed by atoms with Crippen LogP contribution in [-0.4, -0.2) is 31.2 Å². The molecule has 1 heterocycles. The number of carbonyl (C=O) groups excluding carboxylic acids is 2. The Morgan fingerprint density at radius 1 is 1.24 bits per heavy atom. The van der Waals surface area contributed by atoms with Gasteiger partial charge in [-0.25, -0.2) is 17.2 Å². The molecule has 0 bridgehead atoms. The number of halogens is 2. The van der Waals surface area contributed by atoms with Crippen LogP contribution in [0.4, 0.5) is 20.2 Å². The molecule has 1 aliphatic heterocycles. The van der Waals surface area contributed by atoms with Crippen LogP contribution in [0.25, 0.3) is 0 Å². The number of thioether (sulfide) groups is 1. The summed E-state index contributed by atoms with van der Waals surface area (Å²) in [6, 6.07) is 7.02. The van der Waals surface area contributed by atoms with Gasteiger partial charge in [0.25, 0.3) is 0 Å². The average Bonchev–Trinajstić information content (AvgIpc) is 2.84. The highest BCUT2D eigenvalue weighted by Crippen LogP contribution is 2.33. The zero-order valence-electron chi connectivity index (χ0n) is 15.4. The lowest BCUT2D eigenvalue weighted by atomic mass is 10.2. The van der Waals surface area contributed by atoms with Gasteiger partial charge in [0.05, 0.1) is 21.5 Å². The molecule has 154 valence electrons. The largest absolute Gasteiger partial charge is 0.325 e. The first-order valence-corrected chi connectivity index (χ1v) is 11.3. The average molecular weight is 440 g/mol. The van der Waals surface area contributed by atoms with Gasteiger partial charge < -0.3 is 10.6 Å². The van der Waals surface area contributed by atoms with Crippen molar-refractivity contribution in [3.63, 3.8) is 0 Å². The number of benzene rings is 2. The van der Waals surface area contributed by atoms with E-state index >= 15 is 0 Å². The second-order valence-corrected chi connectivity index (χ2v) is 10.0. The van der Waals surface area contributed by atoms with Crippen molar-refractivity contribution in [3.8, 4) is 0 Å². The van der Waals surface area contributed by atoms with Gasteiger partial charge in [-0.05, 0) is 37.3 Å².